The summed E-state index contributed by atoms with van der Waals surface area (Å²) >= 11 is 0. The Morgan fingerprint density at radius 3 is 2.78 bits per heavy atom. The molecule has 0 saturated heterocycles. The number of aromatic hydroxyl groups is 2. The number of rotatable bonds is 4. The molecule has 3 atom stereocenters. The van der Waals surface area contributed by atoms with Gasteiger partial charge in [0.1, 0.15) is 11.5 Å². The minimum Gasteiger partial charge on any atom is -0.508 e. The fourth-order valence-electron chi connectivity index (χ4n) is 2.58. The van der Waals surface area contributed by atoms with Crippen LogP contribution in [0.1, 0.15) is 37.8 Å². The molecular formula is C14H21NO3. The van der Waals surface area contributed by atoms with Gasteiger partial charge in [-0.25, -0.2) is 0 Å². The second kappa shape index (κ2) is 5.59. The quantitative estimate of drug-likeness (QED) is 0.617. The van der Waals surface area contributed by atoms with Crippen molar-refractivity contribution in [2.75, 3.05) is 6.54 Å². The Hall–Kier alpha value is -1.26. The second-order valence-corrected chi connectivity index (χ2v) is 5.21. The van der Waals surface area contributed by atoms with Gasteiger partial charge in [-0.2, -0.15) is 0 Å². The van der Waals surface area contributed by atoms with Crippen LogP contribution in [0.25, 0.3) is 0 Å². The number of aliphatic hydroxyl groups is 1. The molecule has 0 bridgehead atoms. The van der Waals surface area contributed by atoms with Crippen LogP contribution in [-0.2, 0) is 0 Å². The van der Waals surface area contributed by atoms with Crippen molar-refractivity contribution in [3.8, 4) is 11.5 Å². The van der Waals surface area contributed by atoms with Crippen LogP contribution >= 0.6 is 0 Å². The van der Waals surface area contributed by atoms with Crippen LogP contribution in [0.3, 0.4) is 0 Å². The largest absolute Gasteiger partial charge is 0.508 e. The van der Waals surface area contributed by atoms with Crippen molar-refractivity contribution in [1.82, 2.24) is 5.32 Å². The van der Waals surface area contributed by atoms with Gasteiger partial charge in [0, 0.05) is 11.6 Å². The van der Waals surface area contributed by atoms with Gasteiger partial charge in [-0.15, -0.1) is 0 Å². The molecule has 0 radical (unpaired) electrons. The first kappa shape index (κ1) is 13.2. The van der Waals surface area contributed by atoms with E-state index in [-0.39, 0.29) is 23.6 Å². The molecule has 0 heterocycles. The summed E-state index contributed by atoms with van der Waals surface area (Å²) in [6.45, 7) is 2.78. The van der Waals surface area contributed by atoms with Gasteiger partial charge < -0.3 is 20.6 Å². The molecule has 1 aromatic rings. The normalized spacial score (nSPS) is 25.2. The smallest absolute Gasteiger partial charge is 0.120 e. The molecule has 1 fully saturated rings. The molecule has 0 amide bonds. The Bertz CT molecular complexity index is 408. The molecule has 4 heteroatoms. The van der Waals surface area contributed by atoms with E-state index in [1.807, 2.05) is 6.92 Å². The number of hydrogen-bond acceptors (Lipinski definition) is 4. The molecule has 1 aromatic carbocycles. The molecule has 4 N–H and O–H groups in total. The van der Waals surface area contributed by atoms with Gasteiger partial charge in [0.25, 0.3) is 0 Å². The zero-order valence-corrected chi connectivity index (χ0v) is 10.6. The first-order chi connectivity index (χ1) is 8.56. The fraction of sp³-hybridized carbons (Fsp3) is 0.571. The number of phenolic OH excluding ortho intramolecular Hbond substituents is 2. The van der Waals surface area contributed by atoms with Crippen LogP contribution in [0.15, 0.2) is 18.2 Å². The third-order valence-corrected chi connectivity index (χ3v) is 3.70. The maximum absolute atomic E-state index is 9.75. The van der Waals surface area contributed by atoms with Crippen molar-refractivity contribution in [2.45, 2.75) is 38.3 Å². The molecule has 2 rings (SSSR count). The number of aliphatic hydroxyl groups excluding tert-OH is 1. The monoisotopic (exact) mass is 251 g/mol. The molecule has 4 nitrogen and oxygen atoms in total. The SMILES string of the molecule is CC(NCC1CCC(O)C1)c1cc(O)ccc1O. The van der Waals surface area contributed by atoms with Crippen molar-refractivity contribution in [2.24, 2.45) is 5.92 Å². The standard InChI is InChI=1S/C14H21NO3/c1-9(13-7-12(17)4-5-14(13)18)15-8-10-2-3-11(16)6-10/h4-5,7,9-11,15-18H,2-3,6,8H2,1H3. The van der Waals surface area contributed by atoms with Crippen LogP contribution in [0.2, 0.25) is 0 Å². The summed E-state index contributed by atoms with van der Waals surface area (Å²) < 4.78 is 0. The van der Waals surface area contributed by atoms with Gasteiger partial charge >= 0.3 is 0 Å². The summed E-state index contributed by atoms with van der Waals surface area (Å²) in [5.74, 6) is 0.855. The molecule has 100 valence electrons. The lowest BCUT2D eigenvalue weighted by Crippen LogP contribution is -2.25. The van der Waals surface area contributed by atoms with Crippen molar-refractivity contribution < 1.29 is 15.3 Å². The number of hydrogen-bond donors (Lipinski definition) is 4. The van der Waals surface area contributed by atoms with E-state index < -0.39 is 0 Å². The Morgan fingerprint density at radius 2 is 2.11 bits per heavy atom. The highest BCUT2D eigenvalue weighted by Crippen LogP contribution is 2.29. The predicted molar refractivity (Wildman–Crippen MR) is 69.5 cm³/mol. The minimum absolute atomic E-state index is 0.0187. The highest BCUT2D eigenvalue weighted by Gasteiger charge is 2.23. The number of nitrogens with one attached hydrogen (secondary N) is 1. The highest BCUT2D eigenvalue weighted by molar-refractivity contribution is 5.40. The Kier molecular flexibility index (Phi) is 4.09. The van der Waals surface area contributed by atoms with E-state index in [0.717, 1.165) is 25.8 Å². The van der Waals surface area contributed by atoms with Gasteiger partial charge in [-0.3, -0.25) is 0 Å². The van der Waals surface area contributed by atoms with E-state index in [0.29, 0.717) is 11.5 Å². The van der Waals surface area contributed by atoms with E-state index in [1.165, 1.54) is 12.1 Å². The molecule has 1 aliphatic carbocycles. The summed E-state index contributed by atoms with van der Waals surface area (Å²) in [4.78, 5) is 0. The lowest BCUT2D eigenvalue weighted by molar-refractivity contribution is 0.177. The van der Waals surface area contributed by atoms with Crippen LogP contribution in [-0.4, -0.2) is 28.0 Å². The van der Waals surface area contributed by atoms with Crippen LogP contribution in [0.4, 0.5) is 0 Å². The molecule has 0 spiro atoms. The summed E-state index contributed by atoms with van der Waals surface area (Å²) in [5.41, 5.74) is 0.702. The second-order valence-electron chi connectivity index (χ2n) is 5.21. The van der Waals surface area contributed by atoms with Gasteiger partial charge in [0.05, 0.1) is 6.10 Å². The third kappa shape index (κ3) is 3.15. The molecule has 1 saturated carbocycles. The summed E-state index contributed by atoms with van der Waals surface area (Å²) in [5, 5.41) is 32.0. The van der Waals surface area contributed by atoms with Gasteiger partial charge in [0.2, 0.25) is 0 Å². The molecule has 0 aliphatic heterocycles. The van der Waals surface area contributed by atoms with E-state index in [9.17, 15) is 15.3 Å². The maximum Gasteiger partial charge on any atom is 0.120 e. The van der Waals surface area contributed by atoms with Crippen LogP contribution < -0.4 is 5.32 Å². The Labute approximate surface area is 107 Å². The van der Waals surface area contributed by atoms with E-state index in [2.05, 4.69) is 5.32 Å². The third-order valence-electron chi connectivity index (χ3n) is 3.70. The van der Waals surface area contributed by atoms with E-state index >= 15 is 0 Å². The van der Waals surface area contributed by atoms with E-state index in [1.54, 1.807) is 6.07 Å². The number of phenols is 2. The first-order valence-corrected chi connectivity index (χ1v) is 6.49. The average molecular weight is 251 g/mol. The van der Waals surface area contributed by atoms with Crippen molar-refractivity contribution >= 4 is 0 Å². The lowest BCUT2D eigenvalue weighted by atomic mass is 10.0. The van der Waals surface area contributed by atoms with Crippen LogP contribution in [0.5, 0.6) is 11.5 Å². The highest BCUT2D eigenvalue weighted by atomic mass is 16.3. The van der Waals surface area contributed by atoms with Gasteiger partial charge in [-0.05, 0) is 56.8 Å². The van der Waals surface area contributed by atoms with Gasteiger partial charge in [-0.1, -0.05) is 0 Å². The minimum atomic E-state index is -0.152. The summed E-state index contributed by atoms with van der Waals surface area (Å²) in [6.07, 6.45) is 2.64. The van der Waals surface area contributed by atoms with Crippen molar-refractivity contribution in [3.05, 3.63) is 23.8 Å². The predicted octanol–water partition coefficient (Wildman–Crippen LogP) is 1.91. The van der Waals surface area contributed by atoms with Gasteiger partial charge in [0.15, 0.2) is 0 Å². The Morgan fingerprint density at radius 1 is 1.33 bits per heavy atom. The average Bonchev–Trinajstić information content (AvgIpc) is 2.75. The Balaban J connectivity index is 1.91. The summed E-state index contributed by atoms with van der Waals surface area (Å²) in [6, 6.07) is 4.53. The zero-order chi connectivity index (χ0) is 13.1. The van der Waals surface area contributed by atoms with Crippen molar-refractivity contribution in [1.29, 1.82) is 0 Å². The van der Waals surface area contributed by atoms with Crippen molar-refractivity contribution in [3.63, 3.8) is 0 Å². The number of benzene rings is 1. The zero-order valence-electron chi connectivity index (χ0n) is 10.6. The fourth-order valence-corrected chi connectivity index (χ4v) is 2.58. The topological polar surface area (TPSA) is 72.7 Å². The van der Waals surface area contributed by atoms with E-state index in [4.69, 9.17) is 0 Å². The molecule has 3 unspecified atom stereocenters. The van der Waals surface area contributed by atoms with Crippen LogP contribution in [0, 0.1) is 5.92 Å². The molecule has 18 heavy (non-hydrogen) atoms. The maximum atomic E-state index is 9.75. The molecule has 1 aliphatic rings. The molecule has 0 aromatic heterocycles. The molecular weight excluding hydrogens is 230 g/mol. The first-order valence-electron chi connectivity index (χ1n) is 6.49. The summed E-state index contributed by atoms with van der Waals surface area (Å²) in [7, 11) is 0. The lowest BCUT2D eigenvalue weighted by Gasteiger charge is -2.18.